The van der Waals surface area contributed by atoms with Gasteiger partial charge in [0.2, 0.25) is 0 Å². The number of aromatic nitrogens is 2. The summed E-state index contributed by atoms with van der Waals surface area (Å²) in [5.74, 6) is 0.856. The SMILES string of the molecule is CCN(CC)C(CNC(=NC)NCCCc1cnn(C)c1)c1ccccc1.I. The predicted molar refractivity (Wildman–Crippen MR) is 128 cm³/mol. The van der Waals surface area contributed by atoms with E-state index in [9.17, 15) is 0 Å². The van der Waals surface area contributed by atoms with E-state index in [4.69, 9.17) is 0 Å². The van der Waals surface area contributed by atoms with Crippen molar-refractivity contribution in [1.82, 2.24) is 25.3 Å². The molecule has 1 aromatic carbocycles. The third-order valence-electron chi connectivity index (χ3n) is 4.82. The smallest absolute Gasteiger partial charge is 0.191 e. The first-order valence-electron chi connectivity index (χ1n) is 9.88. The lowest BCUT2D eigenvalue weighted by Crippen LogP contribution is -2.43. The summed E-state index contributed by atoms with van der Waals surface area (Å²) in [6.07, 6.45) is 6.07. The van der Waals surface area contributed by atoms with Crippen LogP contribution in [-0.4, -0.2) is 53.9 Å². The van der Waals surface area contributed by atoms with Gasteiger partial charge in [0.25, 0.3) is 0 Å². The standard InChI is InChI=1S/C21H34N6.HI/c1-5-27(6-2)20(19-12-8-7-9-13-19)16-24-21(22-3)23-14-10-11-18-15-25-26(4)17-18;/h7-9,12-13,15,17,20H,5-6,10-11,14,16H2,1-4H3,(H2,22,23,24);1H. The van der Waals surface area contributed by atoms with Crippen molar-refractivity contribution < 1.29 is 0 Å². The molecule has 7 heteroatoms. The Morgan fingerprint density at radius 2 is 1.89 bits per heavy atom. The molecule has 2 rings (SSSR count). The zero-order valence-corrected chi connectivity index (χ0v) is 19.9. The van der Waals surface area contributed by atoms with E-state index in [2.05, 4.69) is 76.0 Å². The molecule has 0 saturated carbocycles. The average molecular weight is 498 g/mol. The Hall–Kier alpha value is -1.61. The molecule has 0 aliphatic heterocycles. The number of nitrogens with zero attached hydrogens (tertiary/aromatic N) is 4. The normalized spacial score (nSPS) is 12.5. The van der Waals surface area contributed by atoms with Crippen molar-refractivity contribution in [1.29, 1.82) is 0 Å². The number of hydrogen-bond acceptors (Lipinski definition) is 3. The Labute approximate surface area is 186 Å². The van der Waals surface area contributed by atoms with E-state index in [1.165, 1.54) is 11.1 Å². The summed E-state index contributed by atoms with van der Waals surface area (Å²) in [7, 11) is 3.78. The van der Waals surface area contributed by atoms with Crippen molar-refractivity contribution in [3.8, 4) is 0 Å². The van der Waals surface area contributed by atoms with Crippen molar-refractivity contribution in [2.24, 2.45) is 12.0 Å². The van der Waals surface area contributed by atoms with Gasteiger partial charge in [0, 0.05) is 33.4 Å². The molecule has 2 aromatic rings. The van der Waals surface area contributed by atoms with Crippen LogP contribution in [0.1, 0.15) is 37.4 Å². The van der Waals surface area contributed by atoms with Gasteiger partial charge in [-0.2, -0.15) is 5.10 Å². The number of aryl methyl sites for hydroxylation is 2. The third kappa shape index (κ3) is 7.79. The van der Waals surface area contributed by atoms with E-state index in [1.807, 2.05) is 25.0 Å². The van der Waals surface area contributed by atoms with Gasteiger partial charge in [0.05, 0.1) is 12.2 Å². The number of hydrogen-bond donors (Lipinski definition) is 2. The Kier molecular flexibility index (Phi) is 11.8. The van der Waals surface area contributed by atoms with Crippen molar-refractivity contribution in [2.75, 3.05) is 33.2 Å². The summed E-state index contributed by atoms with van der Waals surface area (Å²) >= 11 is 0. The van der Waals surface area contributed by atoms with Gasteiger partial charge in [-0.15, -0.1) is 24.0 Å². The van der Waals surface area contributed by atoms with Crippen LogP contribution in [0.3, 0.4) is 0 Å². The number of benzene rings is 1. The highest BCUT2D eigenvalue weighted by molar-refractivity contribution is 14.0. The van der Waals surface area contributed by atoms with Crippen LogP contribution in [0, 0.1) is 0 Å². The number of rotatable bonds is 10. The third-order valence-corrected chi connectivity index (χ3v) is 4.82. The minimum atomic E-state index is 0. The van der Waals surface area contributed by atoms with Crippen LogP contribution in [-0.2, 0) is 13.5 Å². The van der Waals surface area contributed by atoms with Crippen molar-refractivity contribution in [2.45, 2.75) is 32.7 Å². The van der Waals surface area contributed by atoms with Crippen LogP contribution in [0.5, 0.6) is 0 Å². The maximum absolute atomic E-state index is 4.37. The highest BCUT2D eigenvalue weighted by atomic mass is 127. The molecule has 2 N–H and O–H groups in total. The molecule has 0 fully saturated rings. The average Bonchev–Trinajstić information content (AvgIpc) is 3.12. The van der Waals surface area contributed by atoms with Crippen LogP contribution in [0.2, 0.25) is 0 Å². The molecule has 0 radical (unpaired) electrons. The first-order valence-corrected chi connectivity index (χ1v) is 9.88. The minimum absolute atomic E-state index is 0. The van der Waals surface area contributed by atoms with Crippen LogP contribution in [0.4, 0.5) is 0 Å². The quantitative estimate of drug-likeness (QED) is 0.229. The molecule has 1 heterocycles. The second kappa shape index (κ2) is 13.5. The van der Waals surface area contributed by atoms with Gasteiger partial charge in [0.1, 0.15) is 0 Å². The summed E-state index contributed by atoms with van der Waals surface area (Å²) in [4.78, 5) is 6.84. The van der Waals surface area contributed by atoms with Gasteiger partial charge in [-0.1, -0.05) is 44.2 Å². The van der Waals surface area contributed by atoms with Crippen LogP contribution >= 0.6 is 24.0 Å². The zero-order chi connectivity index (χ0) is 19.5. The van der Waals surface area contributed by atoms with Crippen molar-refractivity contribution in [3.05, 3.63) is 53.9 Å². The molecule has 28 heavy (non-hydrogen) atoms. The van der Waals surface area contributed by atoms with E-state index in [0.717, 1.165) is 45.0 Å². The molecule has 0 aliphatic carbocycles. The molecular formula is C21H35IN6. The Balaban J connectivity index is 0.00000392. The second-order valence-corrected chi connectivity index (χ2v) is 6.65. The molecular weight excluding hydrogens is 463 g/mol. The monoisotopic (exact) mass is 498 g/mol. The van der Waals surface area contributed by atoms with Gasteiger partial charge < -0.3 is 10.6 Å². The fourth-order valence-corrected chi connectivity index (χ4v) is 3.31. The number of halogens is 1. The summed E-state index contributed by atoms with van der Waals surface area (Å²) in [5, 5.41) is 11.1. The van der Waals surface area contributed by atoms with Crippen molar-refractivity contribution >= 4 is 29.9 Å². The zero-order valence-electron chi connectivity index (χ0n) is 17.6. The first-order chi connectivity index (χ1) is 13.2. The largest absolute Gasteiger partial charge is 0.356 e. The highest BCUT2D eigenvalue weighted by Gasteiger charge is 2.18. The lowest BCUT2D eigenvalue weighted by atomic mass is 10.1. The van der Waals surface area contributed by atoms with Crippen LogP contribution < -0.4 is 10.6 Å². The summed E-state index contributed by atoms with van der Waals surface area (Å²) in [6, 6.07) is 11.0. The summed E-state index contributed by atoms with van der Waals surface area (Å²) in [5.41, 5.74) is 2.61. The fourth-order valence-electron chi connectivity index (χ4n) is 3.31. The van der Waals surface area contributed by atoms with Crippen LogP contribution in [0.25, 0.3) is 0 Å². The van der Waals surface area contributed by atoms with Gasteiger partial charge in [-0.25, -0.2) is 0 Å². The molecule has 6 nitrogen and oxygen atoms in total. The lowest BCUT2D eigenvalue weighted by Gasteiger charge is -2.30. The molecule has 1 atom stereocenters. The van der Waals surface area contributed by atoms with E-state index < -0.39 is 0 Å². The maximum atomic E-state index is 4.37. The number of nitrogens with one attached hydrogen (secondary N) is 2. The van der Waals surface area contributed by atoms with Gasteiger partial charge >= 0.3 is 0 Å². The predicted octanol–water partition coefficient (Wildman–Crippen LogP) is 3.22. The number of aliphatic imine (C=N–C) groups is 1. The number of guanidine groups is 1. The van der Waals surface area contributed by atoms with E-state index in [-0.39, 0.29) is 24.0 Å². The number of likely N-dealkylation sites (N-methyl/N-ethyl adjacent to an activating group) is 1. The topological polar surface area (TPSA) is 57.5 Å². The molecule has 1 unspecified atom stereocenters. The fraction of sp³-hybridized carbons (Fsp3) is 0.524. The summed E-state index contributed by atoms with van der Waals surface area (Å²) in [6.45, 7) is 8.18. The Morgan fingerprint density at radius 1 is 1.18 bits per heavy atom. The van der Waals surface area contributed by atoms with E-state index >= 15 is 0 Å². The van der Waals surface area contributed by atoms with E-state index in [0.29, 0.717) is 6.04 Å². The molecule has 0 bridgehead atoms. The minimum Gasteiger partial charge on any atom is -0.356 e. The summed E-state index contributed by atoms with van der Waals surface area (Å²) < 4.78 is 1.85. The second-order valence-electron chi connectivity index (χ2n) is 6.65. The molecule has 0 aliphatic rings. The van der Waals surface area contributed by atoms with Gasteiger partial charge in [0.15, 0.2) is 5.96 Å². The van der Waals surface area contributed by atoms with Crippen molar-refractivity contribution in [3.63, 3.8) is 0 Å². The van der Waals surface area contributed by atoms with E-state index in [1.54, 1.807) is 0 Å². The van der Waals surface area contributed by atoms with Crippen LogP contribution in [0.15, 0.2) is 47.7 Å². The Bertz CT molecular complexity index is 681. The molecule has 0 saturated heterocycles. The molecule has 0 spiro atoms. The van der Waals surface area contributed by atoms with Gasteiger partial charge in [-0.05, 0) is 37.1 Å². The maximum Gasteiger partial charge on any atom is 0.191 e. The molecule has 156 valence electrons. The Morgan fingerprint density at radius 3 is 2.46 bits per heavy atom. The first kappa shape index (κ1) is 24.4. The highest BCUT2D eigenvalue weighted by Crippen LogP contribution is 2.19. The lowest BCUT2D eigenvalue weighted by molar-refractivity contribution is 0.219. The molecule has 0 amide bonds. The molecule has 1 aromatic heterocycles. The van der Waals surface area contributed by atoms with Gasteiger partial charge in [-0.3, -0.25) is 14.6 Å².